The van der Waals surface area contributed by atoms with Gasteiger partial charge in [0.15, 0.2) is 0 Å². The molecule has 0 aliphatic rings. The van der Waals surface area contributed by atoms with Crippen molar-refractivity contribution in [2.24, 2.45) is 5.73 Å². The van der Waals surface area contributed by atoms with Crippen molar-refractivity contribution in [2.45, 2.75) is 12.2 Å². The molecule has 0 saturated heterocycles. The van der Waals surface area contributed by atoms with E-state index in [-0.39, 0.29) is 11.3 Å². The monoisotopic (exact) mass is 204 g/mol. The number of carbonyl (C=O) groups excluding carboxylic acids is 1. The van der Waals surface area contributed by atoms with E-state index in [0.29, 0.717) is 6.29 Å². The second kappa shape index (κ2) is 3.75. The second-order valence-corrected chi connectivity index (χ2v) is 2.65. The fraction of sp³-hybridized carbons (Fsp3) is 0.250. The quantitative estimate of drug-likeness (QED) is 0.742. The van der Waals surface area contributed by atoms with Crippen LogP contribution in [0.1, 0.15) is 22.1 Å². The minimum Gasteiger partial charge on any atom is -0.315 e. The fourth-order valence-electron chi connectivity index (χ4n) is 0.877. The number of alkyl halides is 3. The van der Waals surface area contributed by atoms with E-state index in [9.17, 15) is 18.0 Å². The van der Waals surface area contributed by atoms with E-state index in [1.165, 1.54) is 6.07 Å². The number of aldehydes is 1. The molecule has 0 unspecified atom stereocenters. The topological polar surface area (TPSA) is 56.0 Å². The van der Waals surface area contributed by atoms with Gasteiger partial charge in [-0.25, -0.2) is 0 Å². The number of hydrogen-bond acceptors (Lipinski definition) is 3. The first kappa shape index (κ1) is 10.6. The number of rotatable bonds is 2. The molecule has 0 aliphatic carbocycles. The maximum Gasteiger partial charge on any atom is 0.409 e. The Morgan fingerprint density at radius 3 is 2.64 bits per heavy atom. The van der Waals surface area contributed by atoms with Crippen molar-refractivity contribution in [1.29, 1.82) is 0 Å². The molecule has 2 N–H and O–H groups in total. The Balaban J connectivity index is 3.01. The second-order valence-electron chi connectivity index (χ2n) is 2.65. The van der Waals surface area contributed by atoms with E-state index in [4.69, 9.17) is 5.73 Å². The van der Waals surface area contributed by atoms with Crippen LogP contribution in [0.4, 0.5) is 13.2 Å². The van der Waals surface area contributed by atoms with Crippen molar-refractivity contribution in [3.63, 3.8) is 0 Å². The normalized spacial score (nSPS) is 13.7. The standard InChI is InChI=1S/C8H7F3N2O/c9-8(10,11)7(12)6-3-5(4-14)1-2-13-6/h1-4,7H,12H2/t7-/m0/s1. The number of pyridine rings is 1. The molecule has 1 heterocycles. The Kier molecular flexibility index (Phi) is 2.85. The highest BCUT2D eigenvalue weighted by atomic mass is 19.4. The zero-order valence-electron chi connectivity index (χ0n) is 6.95. The molecule has 1 aromatic rings. The molecule has 0 amide bonds. The maximum atomic E-state index is 12.1. The molecular formula is C8H7F3N2O. The molecule has 6 heteroatoms. The molecule has 76 valence electrons. The lowest BCUT2D eigenvalue weighted by molar-refractivity contribution is -0.150. The average molecular weight is 204 g/mol. The molecule has 3 nitrogen and oxygen atoms in total. The number of halogens is 3. The molecule has 0 aliphatic heterocycles. The zero-order chi connectivity index (χ0) is 10.8. The predicted octanol–water partition coefficient (Wildman–Crippen LogP) is 1.46. The van der Waals surface area contributed by atoms with Crippen LogP contribution in [-0.4, -0.2) is 17.4 Å². The number of hydrogen-bond donors (Lipinski definition) is 1. The molecule has 0 bridgehead atoms. The maximum absolute atomic E-state index is 12.1. The van der Waals surface area contributed by atoms with Crippen molar-refractivity contribution < 1.29 is 18.0 Å². The van der Waals surface area contributed by atoms with Crippen molar-refractivity contribution in [2.75, 3.05) is 0 Å². The Bertz CT molecular complexity index is 338. The SMILES string of the molecule is N[C@@H](c1cc(C=O)ccn1)C(F)(F)F. The molecule has 14 heavy (non-hydrogen) atoms. The van der Waals surface area contributed by atoms with Gasteiger partial charge in [0.1, 0.15) is 12.3 Å². The third-order valence-corrected chi connectivity index (χ3v) is 1.61. The van der Waals surface area contributed by atoms with Gasteiger partial charge in [0.05, 0.1) is 5.69 Å². The molecule has 0 spiro atoms. The van der Waals surface area contributed by atoms with Gasteiger partial charge in [-0.3, -0.25) is 9.78 Å². The molecule has 0 fully saturated rings. The third-order valence-electron chi connectivity index (χ3n) is 1.61. The molecular weight excluding hydrogens is 197 g/mol. The molecule has 1 rings (SSSR count). The molecule has 0 saturated carbocycles. The van der Waals surface area contributed by atoms with E-state index in [1.807, 2.05) is 0 Å². The average Bonchev–Trinajstić information content (AvgIpc) is 2.15. The van der Waals surface area contributed by atoms with E-state index in [0.717, 1.165) is 12.3 Å². The van der Waals surface area contributed by atoms with Gasteiger partial charge in [0, 0.05) is 11.8 Å². The van der Waals surface area contributed by atoms with Crippen LogP contribution in [0.25, 0.3) is 0 Å². The Labute approximate surface area is 77.7 Å². The highest BCUT2D eigenvalue weighted by molar-refractivity contribution is 5.74. The summed E-state index contributed by atoms with van der Waals surface area (Å²) < 4.78 is 36.4. The summed E-state index contributed by atoms with van der Waals surface area (Å²) in [6.07, 6.45) is -2.99. The summed E-state index contributed by atoms with van der Waals surface area (Å²) >= 11 is 0. The number of aromatic nitrogens is 1. The van der Waals surface area contributed by atoms with Gasteiger partial charge in [-0.05, 0) is 12.1 Å². The molecule has 0 aromatic carbocycles. The molecule has 1 aromatic heterocycles. The van der Waals surface area contributed by atoms with Gasteiger partial charge < -0.3 is 5.73 Å². The zero-order valence-corrected chi connectivity index (χ0v) is 6.95. The largest absolute Gasteiger partial charge is 0.409 e. The lowest BCUT2D eigenvalue weighted by Crippen LogP contribution is -2.29. The summed E-state index contributed by atoms with van der Waals surface area (Å²) in [5, 5.41) is 0. The predicted molar refractivity (Wildman–Crippen MR) is 42.6 cm³/mol. The summed E-state index contributed by atoms with van der Waals surface area (Å²) in [5.74, 6) is 0. The van der Waals surface area contributed by atoms with Gasteiger partial charge in [-0.1, -0.05) is 0 Å². The Hall–Kier alpha value is -1.43. The first-order valence-electron chi connectivity index (χ1n) is 3.68. The lowest BCUT2D eigenvalue weighted by atomic mass is 10.1. The Morgan fingerprint density at radius 1 is 1.50 bits per heavy atom. The van der Waals surface area contributed by atoms with Gasteiger partial charge in [0.25, 0.3) is 0 Å². The van der Waals surface area contributed by atoms with Crippen LogP contribution in [-0.2, 0) is 0 Å². The number of nitrogens with two attached hydrogens (primary N) is 1. The van der Waals surface area contributed by atoms with Gasteiger partial charge in [-0.2, -0.15) is 13.2 Å². The lowest BCUT2D eigenvalue weighted by Gasteiger charge is -2.14. The highest BCUT2D eigenvalue weighted by Gasteiger charge is 2.38. The van der Waals surface area contributed by atoms with Gasteiger partial charge in [-0.15, -0.1) is 0 Å². The molecule has 0 radical (unpaired) electrons. The van der Waals surface area contributed by atoms with Crippen molar-refractivity contribution in [3.8, 4) is 0 Å². The van der Waals surface area contributed by atoms with E-state index >= 15 is 0 Å². The van der Waals surface area contributed by atoms with Crippen LogP contribution < -0.4 is 5.73 Å². The van der Waals surface area contributed by atoms with Crippen LogP contribution in [0.2, 0.25) is 0 Å². The van der Waals surface area contributed by atoms with E-state index in [1.54, 1.807) is 0 Å². The van der Waals surface area contributed by atoms with Crippen LogP contribution in [0, 0.1) is 0 Å². The highest BCUT2D eigenvalue weighted by Crippen LogP contribution is 2.29. The van der Waals surface area contributed by atoms with E-state index < -0.39 is 12.2 Å². The summed E-state index contributed by atoms with van der Waals surface area (Å²) in [4.78, 5) is 13.7. The minimum absolute atomic E-state index is 0.120. The third kappa shape index (κ3) is 2.29. The summed E-state index contributed by atoms with van der Waals surface area (Å²) in [5.41, 5.74) is 4.65. The van der Waals surface area contributed by atoms with Gasteiger partial charge >= 0.3 is 6.18 Å². The van der Waals surface area contributed by atoms with Crippen LogP contribution in [0.5, 0.6) is 0 Å². The van der Waals surface area contributed by atoms with Crippen molar-refractivity contribution >= 4 is 6.29 Å². The summed E-state index contributed by atoms with van der Waals surface area (Å²) in [6.45, 7) is 0. The van der Waals surface area contributed by atoms with Crippen molar-refractivity contribution in [3.05, 3.63) is 29.6 Å². The smallest absolute Gasteiger partial charge is 0.315 e. The summed E-state index contributed by atoms with van der Waals surface area (Å²) in [6, 6.07) is 0.174. The van der Waals surface area contributed by atoms with Crippen LogP contribution >= 0.6 is 0 Å². The van der Waals surface area contributed by atoms with E-state index in [2.05, 4.69) is 4.98 Å². The van der Waals surface area contributed by atoms with Crippen molar-refractivity contribution in [1.82, 2.24) is 4.98 Å². The number of carbonyl (C=O) groups is 1. The fourth-order valence-corrected chi connectivity index (χ4v) is 0.877. The summed E-state index contributed by atoms with van der Waals surface area (Å²) in [7, 11) is 0. The van der Waals surface area contributed by atoms with Crippen LogP contribution in [0.3, 0.4) is 0 Å². The molecule has 1 atom stereocenters. The number of nitrogens with zero attached hydrogens (tertiary/aromatic N) is 1. The Morgan fingerprint density at radius 2 is 2.14 bits per heavy atom. The first-order chi connectivity index (χ1) is 6.45. The van der Waals surface area contributed by atoms with Crippen LogP contribution in [0.15, 0.2) is 18.3 Å². The first-order valence-corrected chi connectivity index (χ1v) is 3.68. The minimum atomic E-state index is -4.55. The van der Waals surface area contributed by atoms with Gasteiger partial charge in [0.2, 0.25) is 0 Å².